The van der Waals surface area contributed by atoms with Gasteiger partial charge in [0.1, 0.15) is 5.82 Å². The minimum Gasteiger partial charge on any atom is -0.322 e. The minimum atomic E-state index is -0.367. The van der Waals surface area contributed by atoms with Crippen LogP contribution in [0, 0.1) is 9.39 Å². The number of carbonyl (C=O) groups excluding carboxylic acids is 1. The fourth-order valence-corrected chi connectivity index (χ4v) is 2.74. The molecule has 0 aromatic heterocycles. The van der Waals surface area contributed by atoms with E-state index in [4.69, 9.17) is 0 Å². The van der Waals surface area contributed by atoms with E-state index in [1.807, 2.05) is 12.1 Å². The number of amides is 1. The maximum Gasteiger partial charge on any atom is 0.256 e. The average molecular weight is 499 g/mol. The molecular weight excluding hydrogens is 492 g/mol. The van der Waals surface area contributed by atoms with Crippen LogP contribution in [0.1, 0.15) is 10.4 Å². The van der Waals surface area contributed by atoms with Gasteiger partial charge in [-0.3, -0.25) is 4.79 Å². The van der Waals surface area contributed by atoms with Gasteiger partial charge in [-0.1, -0.05) is 0 Å². The van der Waals surface area contributed by atoms with Crippen LogP contribution in [0.15, 0.2) is 45.3 Å². The molecule has 0 radical (unpaired) electrons. The topological polar surface area (TPSA) is 29.1 Å². The molecule has 1 N–H and O–H groups in total. The predicted molar refractivity (Wildman–Crippen MR) is 88.9 cm³/mol. The van der Waals surface area contributed by atoms with Crippen molar-refractivity contribution in [3.05, 3.63) is 60.3 Å². The van der Waals surface area contributed by atoms with Crippen LogP contribution < -0.4 is 5.32 Å². The van der Waals surface area contributed by atoms with E-state index in [9.17, 15) is 9.18 Å². The van der Waals surface area contributed by atoms with Crippen molar-refractivity contribution in [3.8, 4) is 0 Å². The molecule has 0 spiro atoms. The maximum atomic E-state index is 13.1. The smallest absolute Gasteiger partial charge is 0.256 e. The second-order valence-corrected chi connectivity index (χ2v) is 6.66. The van der Waals surface area contributed by atoms with Gasteiger partial charge in [-0.2, -0.15) is 0 Å². The van der Waals surface area contributed by atoms with Gasteiger partial charge in [-0.25, -0.2) is 4.39 Å². The van der Waals surface area contributed by atoms with E-state index in [0.717, 1.165) is 3.57 Å². The van der Waals surface area contributed by atoms with E-state index in [1.54, 1.807) is 6.07 Å². The molecule has 0 saturated carbocycles. The van der Waals surface area contributed by atoms with Crippen molar-refractivity contribution < 1.29 is 9.18 Å². The highest BCUT2D eigenvalue weighted by molar-refractivity contribution is 14.1. The van der Waals surface area contributed by atoms with Crippen molar-refractivity contribution >= 4 is 66.0 Å². The van der Waals surface area contributed by atoms with Gasteiger partial charge in [-0.15, -0.1) is 0 Å². The molecule has 0 aliphatic carbocycles. The quantitative estimate of drug-likeness (QED) is 0.566. The fourth-order valence-electron chi connectivity index (χ4n) is 1.44. The number of halogens is 4. The first-order valence-electron chi connectivity index (χ1n) is 5.19. The molecule has 19 heavy (non-hydrogen) atoms. The van der Waals surface area contributed by atoms with Crippen molar-refractivity contribution in [2.24, 2.45) is 0 Å². The molecule has 0 unspecified atom stereocenters. The molecule has 0 bridgehead atoms. The van der Waals surface area contributed by atoms with Gasteiger partial charge in [0.15, 0.2) is 0 Å². The van der Waals surface area contributed by atoms with Crippen LogP contribution in [0.3, 0.4) is 0 Å². The van der Waals surface area contributed by atoms with Crippen LogP contribution in [-0.4, -0.2) is 5.91 Å². The van der Waals surface area contributed by atoms with E-state index < -0.39 is 0 Å². The van der Waals surface area contributed by atoms with Crippen molar-refractivity contribution in [1.29, 1.82) is 0 Å². The van der Waals surface area contributed by atoms with E-state index in [2.05, 4.69) is 59.8 Å². The van der Waals surface area contributed by atoms with Crippen LogP contribution in [0.25, 0.3) is 0 Å². The van der Waals surface area contributed by atoms with Crippen LogP contribution in [0.2, 0.25) is 0 Å². The summed E-state index contributed by atoms with van der Waals surface area (Å²) in [5.74, 6) is -0.614. The number of nitrogens with one attached hydrogen (secondary N) is 1. The van der Waals surface area contributed by atoms with E-state index in [-0.39, 0.29) is 11.7 Å². The molecule has 2 aromatic carbocycles. The molecule has 1 amide bonds. The Morgan fingerprint density at radius 3 is 2.53 bits per heavy atom. The lowest BCUT2D eigenvalue weighted by Gasteiger charge is -2.08. The van der Waals surface area contributed by atoms with Crippen LogP contribution >= 0.6 is 54.5 Å². The minimum absolute atomic E-state index is 0.246. The molecule has 0 saturated heterocycles. The Morgan fingerprint density at radius 2 is 1.84 bits per heavy atom. The second kappa shape index (κ2) is 6.32. The predicted octanol–water partition coefficient (Wildman–Crippen LogP) is 5.21. The SMILES string of the molecule is O=C(Nc1ccc(F)c(Br)c1)c1cc(I)ccc1Br. The Kier molecular flexibility index (Phi) is 4.97. The number of benzene rings is 2. The van der Waals surface area contributed by atoms with Crippen molar-refractivity contribution in [3.63, 3.8) is 0 Å². The van der Waals surface area contributed by atoms with Crippen LogP contribution in [0.5, 0.6) is 0 Å². The van der Waals surface area contributed by atoms with E-state index in [1.165, 1.54) is 18.2 Å². The standard InChI is InChI=1S/C13H7Br2FINO/c14-10-3-1-7(17)5-9(10)13(19)18-8-2-4-12(16)11(15)6-8/h1-6H,(H,18,19). The van der Waals surface area contributed by atoms with Gasteiger partial charge in [0.05, 0.1) is 10.0 Å². The van der Waals surface area contributed by atoms with Gasteiger partial charge in [0, 0.05) is 13.7 Å². The zero-order valence-electron chi connectivity index (χ0n) is 9.38. The molecule has 2 rings (SSSR count). The third-order valence-electron chi connectivity index (χ3n) is 2.35. The summed E-state index contributed by atoms with van der Waals surface area (Å²) in [6, 6.07) is 9.82. The molecule has 2 nitrogen and oxygen atoms in total. The fraction of sp³-hybridized carbons (Fsp3) is 0. The molecule has 2 aromatic rings. The maximum absolute atomic E-state index is 13.1. The molecule has 0 aliphatic rings. The summed E-state index contributed by atoms with van der Waals surface area (Å²) in [5, 5.41) is 2.73. The summed E-state index contributed by atoms with van der Waals surface area (Å²) in [5.41, 5.74) is 1.07. The largest absolute Gasteiger partial charge is 0.322 e. The Morgan fingerprint density at radius 1 is 1.11 bits per heavy atom. The highest BCUT2D eigenvalue weighted by atomic mass is 127. The summed E-state index contributed by atoms with van der Waals surface area (Å²) in [7, 11) is 0. The molecule has 98 valence electrons. The number of rotatable bonds is 2. The normalized spacial score (nSPS) is 10.3. The lowest BCUT2D eigenvalue weighted by atomic mass is 10.2. The molecular formula is C13H7Br2FINO. The van der Waals surface area contributed by atoms with E-state index in [0.29, 0.717) is 20.2 Å². The Balaban J connectivity index is 2.25. The number of hydrogen-bond donors (Lipinski definition) is 1. The van der Waals surface area contributed by atoms with Gasteiger partial charge < -0.3 is 5.32 Å². The van der Waals surface area contributed by atoms with Crippen LogP contribution in [0.4, 0.5) is 10.1 Å². The van der Waals surface area contributed by atoms with Crippen molar-refractivity contribution in [1.82, 2.24) is 0 Å². The summed E-state index contributed by atoms with van der Waals surface area (Å²) < 4.78 is 15.1. The summed E-state index contributed by atoms with van der Waals surface area (Å²) in [4.78, 5) is 12.1. The van der Waals surface area contributed by atoms with Gasteiger partial charge >= 0.3 is 0 Å². The molecule has 0 aliphatic heterocycles. The Hall–Kier alpha value is -0.470. The lowest BCUT2D eigenvalue weighted by molar-refractivity contribution is 0.102. The van der Waals surface area contributed by atoms with E-state index >= 15 is 0 Å². The first kappa shape index (κ1) is 14.9. The third-order valence-corrected chi connectivity index (χ3v) is 4.32. The highest BCUT2D eigenvalue weighted by Gasteiger charge is 2.11. The zero-order valence-corrected chi connectivity index (χ0v) is 14.7. The van der Waals surface area contributed by atoms with Gasteiger partial charge in [0.25, 0.3) is 5.91 Å². The van der Waals surface area contributed by atoms with Gasteiger partial charge in [-0.05, 0) is 90.8 Å². The number of anilines is 1. The monoisotopic (exact) mass is 497 g/mol. The first-order valence-corrected chi connectivity index (χ1v) is 7.85. The average Bonchev–Trinajstić information content (AvgIpc) is 2.36. The lowest BCUT2D eigenvalue weighted by Crippen LogP contribution is -2.12. The molecule has 0 atom stereocenters. The molecule has 0 fully saturated rings. The zero-order chi connectivity index (χ0) is 14.0. The number of carbonyl (C=O) groups is 1. The van der Waals surface area contributed by atoms with Crippen LogP contribution in [-0.2, 0) is 0 Å². The Bertz CT molecular complexity index is 649. The van der Waals surface area contributed by atoms with Crippen molar-refractivity contribution in [2.45, 2.75) is 0 Å². The van der Waals surface area contributed by atoms with Gasteiger partial charge in [0.2, 0.25) is 0 Å². The van der Waals surface area contributed by atoms with Crippen molar-refractivity contribution in [2.75, 3.05) is 5.32 Å². The summed E-state index contributed by atoms with van der Waals surface area (Å²) >= 11 is 8.56. The Labute approximate surface area is 140 Å². The second-order valence-electron chi connectivity index (χ2n) is 3.71. The third kappa shape index (κ3) is 3.76. The molecule has 0 heterocycles. The first-order chi connectivity index (χ1) is 8.97. The highest BCUT2D eigenvalue weighted by Crippen LogP contribution is 2.23. The summed E-state index contributed by atoms with van der Waals surface area (Å²) in [6.07, 6.45) is 0. The summed E-state index contributed by atoms with van der Waals surface area (Å²) in [6.45, 7) is 0. The molecule has 6 heteroatoms. The number of hydrogen-bond acceptors (Lipinski definition) is 1.